The van der Waals surface area contributed by atoms with Crippen LogP contribution in [0.4, 0.5) is 0 Å². The number of aliphatic hydroxyl groups is 2. The quantitative estimate of drug-likeness (QED) is 0.265. The third kappa shape index (κ3) is 6.69. The average molecular weight is 550 g/mol. The number of hydrogen-bond acceptors (Lipinski definition) is 7. The van der Waals surface area contributed by atoms with Crippen LogP contribution in [-0.2, 0) is 24.0 Å². The van der Waals surface area contributed by atoms with Gasteiger partial charge in [0.15, 0.2) is 0 Å². The Hall–Kier alpha value is -3.48. The molecule has 5 amide bonds. The van der Waals surface area contributed by atoms with E-state index in [1.165, 1.54) is 13.0 Å². The van der Waals surface area contributed by atoms with Crippen molar-refractivity contribution in [2.24, 2.45) is 0 Å². The molecule has 2 aliphatic rings. The molecule has 0 saturated carbocycles. The Morgan fingerprint density at radius 1 is 0.974 bits per heavy atom. The Balaban J connectivity index is 2.01. The van der Waals surface area contributed by atoms with Gasteiger partial charge in [0.2, 0.25) is 23.6 Å². The second-order valence-electron chi connectivity index (χ2n) is 9.16. The molecule has 1 aromatic carbocycles. The van der Waals surface area contributed by atoms with Crippen molar-refractivity contribution in [3.8, 4) is 0 Å². The number of aliphatic hydroxyl groups excluding tert-OH is 2. The van der Waals surface area contributed by atoms with Crippen molar-refractivity contribution in [2.45, 2.75) is 69.4 Å². The van der Waals surface area contributed by atoms with E-state index in [1.54, 1.807) is 37.3 Å². The summed E-state index contributed by atoms with van der Waals surface area (Å²) in [6, 6.07) is 2.65. The first-order valence-corrected chi connectivity index (χ1v) is 12.7. The molecule has 3 rings (SSSR count). The number of benzene rings is 1. The molecule has 0 aliphatic carbocycles. The zero-order chi connectivity index (χ0) is 28.0. The molecule has 2 aliphatic heterocycles. The monoisotopic (exact) mass is 549 g/mol. The van der Waals surface area contributed by atoms with Gasteiger partial charge in [-0.05, 0) is 31.4 Å². The second kappa shape index (κ2) is 12.9. The van der Waals surface area contributed by atoms with Gasteiger partial charge in [-0.1, -0.05) is 48.9 Å². The lowest BCUT2D eigenvalue weighted by Gasteiger charge is -2.31. The van der Waals surface area contributed by atoms with Gasteiger partial charge in [0.25, 0.3) is 5.91 Å². The minimum Gasteiger partial charge on any atom is -0.394 e. The Morgan fingerprint density at radius 2 is 1.66 bits per heavy atom. The van der Waals surface area contributed by atoms with Crippen molar-refractivity contribution in [3.63, 3.8) is 0 Å². The molecule has 6 atom stereocenters. The van der Waals surface area contributed by atoms with E-state index in [0.717, 1.165) is 4.90 Å². The van der Waals surface area contributed by atoms with Crippen LogP contribution in [0.5, 0.6) is 0 Å². The van der Waals surface area contributed by atoms with Gasteiger partial charge in [-0.15, -0.1) is 0 Å². The first kappa shape index (κ1) is 29.1. The van der Waals surface area contributed by atoms with Gasteiger partial charge < -0.3 is 31.5 Å². The third-order valence-electron chi connectivity index (χ3n) is 6.42. The van der Waals surface area contributed by atoms with E-state index in [9.17, 15) is 34.2 Å². The standard InChI is InChI=1S/C25H32ClN5O7/c1-3-15-25(38)31-18(9-10-19(31)26)23(36)30-21(13(2)33)24(37)29-17(12-32)22(35)28-16(11-20(34)27-15)14-7-5-4-6-8-14/h4-8,10,13,15-18,21,32-33H,3,9,11-12H2,1-2H3,(H,27,34)(H,28,35)(H,29,37)(H,30,36)/t13-,15-,16-,17-,18+,21+/m1/s1. The number of hydrogen-bond donors (Lipinski definition) is 6. The zero-order valence-corrected chi connectivity index (χ0v) is 21.8. The Bertz CT molecular complexity index is 1100. The summed E-state index contributed by atoms with van der Waals surface area (Å²) in [6.07, 6.45) is 0.0728. The van der Waals surface area contributed by atoms with Crippen LogP contribution in [0, 0.1) is 0 Å². The maximum absolute atomic E-state index is 13.4. The van der Waals surface area contributed by atoms with Gasteiger partial charge >= 0.3 is 0 Å². The molecule has 1 aromatic rings. The summed E-state index contributed by atoms with van der Waals surface area (Å²) < 4.78 is 0. The molecule has 6 N–H and O–H groups in total. The van der Waals surface area contributed by atoms with E-state index in [-0.39, 0.29) is 24.4 Å². The zero-order valence-electron chi connectivity index (χ0n) is 21.0. The smallest absolute Gasteiger partial charge is 0.250 e. The normalized spacial score (nSPS) is 28.4. The van der Waals surface area contributed by atoms with E-state index in [1.807, 2.05) is 0 Å². The summed E-state index contributed by atoms with van der Waals surface area (Å²) >= 11 is 6.26. The number of rotatable bonds is 4. The number of carbonyl (C=O) groups excluding carboxylic acids is 5. The van der Waals surface area contributed by atoms with E-state index < -0.39 is 72.5 Å². The first-order chi connectivity index (χ1) is 18.1. The van der Waals surface area contributed by atoms with Gasteiger partial charge in [0.1, 0.15) is 29.3 Å². The van der Waals surface area contributed by atoms with Crippen LogP contribution >= 0.6 is 11.6 Å². The predicted molar refractivity (Wildman–Crippen MR) is 136 cm³/mol. The second-order valence-corrected chi connectivity index (χ2v) is 9.55. The topological polar surface area (TPSA) is 177 Å². The maximum Gasteiger partial charge on any atom is 0.250 e. The summed E-state index contributed by atoms with van der Waals surface area (Å²) in [7, 11) is 0. The summed E-state index contributed by atoms with van der Waals surface area (Å²) in [4.78, 5) is 66.6. The highest BCUT2D eigenvalue weighted by Gasteiger charge is 2.41. The molecule has 1 saturated heterocycles. The molecule has 0 bridgehead atoms. The molecule has 206 valence electrons. The third-order valence-corrected chi connectivity index (χ3v) is 6.76. The van der Waals surface area contributed by atoms with Crippen molar-refractivity contribution < 1.29 is 34.2 Å². The number of halogens is 1. The van der Waals surface area contributed by atoms with E-state index >= 15 is 0 Å². The van der Waals surface area contributed by atoms with E-state index in [0.29, 0.717) is 5.56 Å². The molecule has 0 radical (unpaired) electrons. The van der Waals surface area contributed by atoms with Crippen molar-refractivity contribution in [1.29, 1.82) is 0 Å². The van der Waals surface area contributed by atoms with Crippen molar-refractivity contribution in [1.82, 2.24) is 26.2 Å². The lowest BCUT2D eigenvalue weighted by atomic mass is 10.0. The van der Waals surface area contributed by atoms with Crippen molar-refractivity contribution in [2.75, 3.05) is 6.61 Å². The highest BCUT2D eigenvalue weighted by Crippen LogP contribution is 2.27. The van der Waals surface area contributed by atoms with Crippen LogP contribution in [0.25, 0.3) is 0 Å². The average Bonchev–Trinajstić information content (AvgIpc) is 3.28. The molecule has 12 nitrogen and oxygen atoms in total. The highest BCUT2D eigenvalue weighted by atomic mass is 35.5. The molecule has 13 heteroatoms. The number of amides is 5. The van der Waals surface area contributed by atoms with Gasteiger partial charge in [-0.3, -0.25) is 28.9 Å². The minimum absolute atomic E-state index is 0.00298. The first-order valence-electron chi connectivity index (χ1n) is 12.3. The van der Waals surface area contributed by atoms with Crippen LogP contribution in [0.3, 0.4) is 0 Å². The van der Waals surface area contributed by atoms with Crippen LogP contribution in [0.1, 0.15) is 44.7 Å². The van der Waals surface area contributed by atoms with Gasteiger partial charge in [0.05, 0.1) is 25.2 Å². The van der Waals surface area contributed by atoms with Crippen molar-refractivity contribution in [3.05, 3.63) is 47.1 Å². The van der Waals surface area contributed by atoms with Gasteiger partial charge in [-0.2, -0.15) is 0 Å². The summed E-state index contributed by atoms with van der Waals surface area (Å²) in [5.74, 6) is -3.65. The van der Waals surface area contributed by atoms with Gasteiger partial charge in [-0.25, -0.2) is 0 Å². The number of fused-ring (bicyclic) bond motifs is 1. The molecule has 1 fully saturated rings. The number of nitrogens with zero attached hydrogens (tertiary/aromatic N) is 1. The fraction of sp³-hybridized carbons (Fsp3) is 0.480. The lowest BCUT2D eigenvalue weighted by molar-refractivity contribution is -0.142. The largest absolute Gasteiger partial charge is 0.394 e. The molecule has 0 aromatic heterocycles. The summed E-state index contributed by atoms with van der Waals surface area (Å²) in [6.45, 7) is 2.17. The molecule has 2 heterocycles. The number of carbonyl (C=O) groups is 5. The molecule has 38 heavy (non-hydrogen) atoms. The lowest BCUT2D eigenvalue weighted by Crippen LogP contribution is -2.61. The van der Waals surface area contributed by atoms with Crippen LogP contribution in [0.2, 0.25) is 0 Å². The van der Waals surface area contributed by atoms with E-state index in [2.05, 4.69) is 21.3 Å². The molecule has 0 unspecified atom stereocenters. The van der Waals surface area contributed by atoms with Crippen LogP contribution < -0.4 is 21.3 Å². The Labute approximate surface area is 224 Å². The van der Waals surface area contributed by atoms with Crippen LogP contribution in [-0.4, -0.2) is 81.5 Å². The Kier molecular flexibility index (Phi) is 9.84. The predicted octanol–water partition coefficient (Wildman–Crippen LogP) is -0.834. The Morgan fingerprint density at radius 3 is 2.26 bits per heavy atom. The number of nitrogens with one attached hydrogen (secondary N) is 4. The maximum atomic E-state index is 13.4. The summed E-state index contributed by atoms with van der Waals surface area (Å²) in [5, 5.41) is 30.1. The van der Waals surface area contributed by atoms with E-state index in [4.69, 9.17) is 11.6 Å². The van der Waals surface area contributed by atoms with Crippen LogP contribution in [0.15, 0.2) is 41.6 Å². The summed E-state index contributed by atoms with van der Waals surface area (Å²) in [5.41, 5.74) is 0.583. The fourth-order valence-electron chi connectivity index (χ4n) is 4.31. The minimum atomic E-state index is -1.50. The SMILES string of the molecule is CC[C@H]1NC(=O)C[C@H](c2ccccc2)NC(=O)[C@@H](CO)NC(=O)[C@H]([C@@H](C)O)NC(=O)[C@@H]2CC=C(Cl)N2C1=O. The highest BCUT2D eigenvalue weighted by molar-refractivity contribution is 6.31. The van der Waals surface area contributed by atoms with Gasteiger partial charge in [0, 0.05) is 0 Å². The van der Waals surface area contributed by atoms with Crippen molar-refractivity contribution >= 4 is 41.1 Å². The molecular formula is C25H32ClN5O7. The molecule has 0 spiro atoms. The molecular weight excluding hydrogens is 518 g/mol. The fourth-order valence-corrected chi connectivity index (χ4v) is 4.60.